The van der Waals surface area contributed by atoms with Crippen molar-refractivity contribution in [1.82, 2.24) is 0 Å². The molecule has 0 radical (unpaired) electrons. The van der Waals surface area contributed by atoms with Crippen LogP contribution in [0.5, 0.6) is 0 Å². The van der Waals surface area contributed by atoms with Crippen LogP contribution in [0.2, 0.25) is 0 Å². The molecule has 0 aliphatic heterocycles. The van der Waals surface area contributed by atoms with Crippen molar-refractivity contribution in [1.29, 1.82) is 0 Å². The third-order valence-electron chi connectivity index (χ3n) is 9.18. The van der Waals surface area contributed by atoms with Crippen molar-refractivity contribution >= 4 is 82.3 Å². The van der Waals surface area contributed by atoms with E-state index < -0.39 is 82.3 Å². The molecule has 0 bridgehead atoms. The second-order valence-electron chi connectivity index (χ2n) is 15.8. The van der Waals surface area contributed by atoms with Crippen LogP contribution in [0.4, 0.5) is 0 Å². The minimum Gasteiger partial charge on any atom is -0.476 e. The summed E-state index contributed by atoms with van der Waals surface area (Å²) in [7, 11) is 1.23. The number of methoxy groups -OCH3 is 1. The van der Waals surface area contributed by atoms with Crippen molar-refractivity contribution in [2.45, 2.75) is 235 Å². The van der Waals surface area contributed by atoms with E-state index in [1.165, 1.54) is 46.1 Å². The summed E-state index contributed by atoms with van der Waals surface area (Å²) in [5, 5.41) is 48.5. The highest BCUT2D eigenvalue weighted by Crippen LogP contribution is 2.10. The molecule has 0 aromatic heterocycles. The van der Waals surface area contributed by atoms with Gasteiger partial charge in [-0.05, 0) is 38.5 Å². The molecule has 21 heteroatoms. The highest BCUT2D eigenvalue weighted by atomic mass is 16.5. The molecule has 0 spiro atoms. The van der Waals surface area contributed by atoms with Gasteiger partial charge in [0.15, 0.2) is 0 Å². The largest absolute Gasteiger partial charge is 0.476 e. The molecule has 0 amide bonds. The van der Waals surface area contributed by atoms with Crippen molar-refractivity contribution in [3.63, 3.8) is 0 Å². The summed E-state index contributed by atoms with van der Waals surface area (Å²) in [4.78, 5) is 143. The van der Waals surface area contributed by atoms with Gasteiger partial charge in [-0.15, -0.1) is 0 Å². The molecular formula is C51H88O21. The van der Waals surface area contributed by atoms with Gasteiger partial charge in [0.25, 0.3) is 0 Å². The van der Waals surface area contributed by atoms with Crippen molar-refractivity contribution in [3.8, 4) is 0 Å². The second-order valence-corrected chi connectivity index (χ2v) is 15.8. The third-order valence-corrected chi connectivity index (χ3v) is 9.18. The molecule has 0 aromatic carbocycles. The van der Waals surface area contributed by atoms with E-state index >= 15 is 0 Å². The first-order valence-corrected chi connectivity index (χ1v) is 25.0. The number of carbonyl (C=O) groups is 14. The number of ether oxygens (including phenoxy) is 1. The lowest BCUT2D eigenvalue weighted by molar-refractivity contribution is -0.151. The van der Waals surface area contributed by atoms with Crippen LogP contribution in [-0.4, -0.2) is 120 Å². The molecule has 0 unspecified atom stereocenters. The summed E-state index contributed by atoms with van der Waals surface area (Å²) >= 11 is 0. The molecular weight excluding hydrogens is 949 g/mol. The average Bonchev–Trinajstić information content (AvgIpc) is 3.34. The van der Waals surface area contributed by atoms with Crippen LogP contribution in [0.3, 0.4) is 0 Å². The molecule has 0 fully saturated rings. The first-order chi connectivity index (χ1) is 33.8. The van der Waals surface area contributed by atoms with E-state index in [1.54, 1.807) is 6.92 Å². The summed E-state index contributed by atoms with van der Waals surface area (Å²) in [6, 6.07) is 0. The van der Waals surface area contributed by atoms with Crippen LogP contribution >= 0.6 is 0 Å². The van der Waals surface area contributed by atoms with Crippen molar-refractivity contribution in [2.24, 2.45) is 0 Å². The monoisotopic (exact) mass is 1040 g/mol. The standard InChI is InChI=1S/C12H22O3.C9H16O3.C8H14O3.C7H12O3.C6H10O3.C5H8O3.C4H6O3/c1-2-3-4-5-6-7-8-9-10-11(13)12(14)15;1-3-4-5-6-7-8(10)9(11)12-2;1-2-3-4-5-6-7(9)8(10)11;1-2-3-4-5-6(8)7(9)10;1-2-3-4-5(7)6(8)9;1-2-3-4(6)5(7)8;1-2-3(5)4(6)7/h2-10H2,1H3,(H,14,15);3-7H2,1-2H3;2-6H2,1H3,(H,10,11);2-5H2,1H3,(H,9,10);2-4H2,1H3,(H,8,9);2-3H2,1H3,(H,7,8);2H2,1H3,(H,6,7). The molecule has 0 atom stereocenters. The van der Waals surface area contributed by atoms with Gasteiger partial charge in [0, 0.05) is 44.9 Å². The number of rotatable bonds is 36. The van der Waals surface area contributed by atoms with Gasteiger partial charge in [-0.25, -0.2) is 33.6 Å². The van der Waals surface area contributed by atoms with Crippen molar-refractivity contribution < 1.29 is 102 Å². The lowest BCUT2D eigenvalue weighted by Crippen LogP contribution is -2.14. The highest BCUT2D eigenvalue weighted by molar-refractivity contribution is 6.35. The number of esters is 1. The van der Waals surface area contributed by atoms with Crippen LogP contribution in [0.15, 0.2) is 0 Å². The average molecular weight is 1040 g/mol. The summed E-state index contributed by atoms with van der Waals surface area (Å²) < 4.78 is 4.28. The van der Waals surface area contributed by atoms with Gasteiger partial charge in [0.05, 0.1) is 7.11 Å². The number of unbranched alkanes of at least 4 members (excludes halogenated alkanes) is 16. The SMILES string of the molecule is CCC(=O)C(=O)O.CCCC(=O)C(=O)O.CCCCC(=O)C(=O)O.CCCCCC(=O)C(=O)O.CCCCCCC(=O)C(=O)O.CCCCCCC(=O)C(=O)OC.CCCCCCCCCCC(=O)C(=O)O. The fourth-order valence-corrected chi connectivity index (χ4v) is 4.85. The molecule has 0 saturated heterocycles. The Balaban J connectivity index is -0.000000139. The van der Waals surface area contributed by atoms with Gasteiger partial charge >= 0.3 is 41.8 Å². The quantitative estimate of drug-likeness (QED) is 0.0193. The summed E-state index contributed by atoms with van der Waals surface area (Å²) in [6.07, 6.45) is 23.1. The molecule has 6 N–H and O–H groups in total. The number of carboxylic acids is 6. The normalized spacial score (nSPS) is 9.33. The van der Waals surface area contributed by atoms with E-state index in [-0.39, 0.29) is 38.5 Å². The molecule has 0 heterocycles. The Morgan fingerprint density at radius 3 is 0.681 bits per heavy atom. The summed E-state index contributed by atoms with van der Waals surface area (Å²) in [5.41, 5.74) is 0. The molecule has 0 aliphatic rings. The van der Waals surface area contributed by atoms with Crippen LogP contribution in [0.25, 0.3) is 0 Å². The smallest absolute Gasteiger partial charge is 0.374 e. The number of Topliss-reactive ketones (excluding diaryl/α,β-unsaturated/α-hetero) is 7. The number of carboxylic acid groups (broad SMARTS) is 6. The zero-order valence-corrected chi connectivity index (χ0v) is 44.3. The molecule has 0 rings (SSSR count). The molecule has 0 aliphatic carbocycles. The highest BCUT2D eigenvalue weighted by Gasteiger charge is 2.13. The van der Waals surface area contributed by atoms with Crippen molar-refractivity contribution in [2.75, 3.05) is 7.11 Å². The van der Waals surface area contributed by atoms with E-state index in [1.807, 2.05) is 13.8 Å². The van der Waals surface area contributed by atoms with Crippen LogP contribution in [-0.2, 0) is 71.9 Å². The maximum Gasteiger partial charge on any atom is 0.374 e. The van der Waals surface area contributed by atoms with E-state index in [2.05, 4.69) is 25.5 Å². The first kappa shape index (κ1) is 80.1. The Labute approximate surface area is 425 Å². The van der Waals surface area contributed by atoms with Crippen LogP contribution in [0, 0.1) is 0 Å². The van der Waals surface area contributed by atoms with Crippen LogP contribution < -0.4 is 0 Å². The van der Waals surface area contributed by atoms with Gasteiger partial charge in [0.1, 0.15) is 0 Å². The van der Waals surface area contributed by atoms with Crippen LogP contribution in [0.1, 0.15) is 235 Å². The first-order valence-electron chi connectivity index (χ1n) is 25.0. The van der Waals surface area contributed by atoms with Gasteiger partial charge in [-0.3, -0.25) is 33.6 Å². The minimum atomic E-state index is -1.34. The predicted octanol–water partition coefficient (Wildman–Crippen LogP) is 9.02. The number of ketones is 7. The molecule has 72 heavy (non-hydrogen) atoms. The van der Waals surface area contributed by atoms with Gasteiger partial charge in [-0.1, -0.05) is 151 Å². The van der Waals surface area contributed by atoms with Gasteiger partial charge in [0.2, 0.25) is 40.5 Å². The number of hydrogen-bond acceptors (Lipinski definition) is 15. The van der Waals surface area contributed by atoms with E-state index in [9.17, 15) is 67.1 Å². The zero-order chi connectivity index (χ0) is 57.3. The number of hydrogen-bond donors (Lipinski definition) is 6. The lowest BCUT2D eigenvalue weighted by atomic mass is 10.1. The maximum absolute atomic E-state index is 10.9. The second kappa shape index (κ2) is 61.1. The Hall–Kier alpha value is -6.02. The molecule has 418 valence electrons. The van der Waals surface area contributed by atoms with E-state index in [0.29, 0.717) is 32.1 Å². The number of carbonyl (C=O) groups excluding carboxylic acids is 8. The Morgan fingerprint density at radius 1 is 0.250 bits per heavy atom. The van der Waals surface area contributed by atoms with Gasteiger partial charge < -0.3 is 35.4 Å². The Morgan fingerprint density at radius 2 is 0.458 bits per heavy atom. The minimum absolute atomic E-state index is 0.0787. The van der Waals surface area contributed by atoms with E-state index in [0.717, 1.165) is 83.5 Å². The molecule has 21 nitrogen and oxygen atoms in total. The van der Waals surface area contributed by atoms with Crippen molar-refractivity contribution in [3.05, 3.63) is 0 Å². The fraction of sp³-hybridized carbons (Fsp3) is 0.725. The Kier molecular flexibility index (Phi) is 68.0. The summed E-state index contributed by atoms with van der Waals surface area (Å²) in [6.45, 7) is 13.6. The Bertz CT molecular complexity index is 1560. The fourth-order valence-electron chi connectivity index (χ4n) is 4.85. The number of aliphatic carboxylic acids is 6. The van der Waals surface area contributed by atoms with Gasteiger partial charge in [-0.2, -0.15) is 0 Å². The molecule has 0 saturated carbocycles. The predicted molar refractivity (Wildman–Crippen MR) is 266 cm³/mol. The lowest BCUT2D eigenvalue weighted by Gasteiger charge is -2.00. The molecule has 0 aromatic rings. The summed E-state index contributed by atoms with van der Waals surface area (Å²) in [5.74, 6) is -13.1. The maximum atomic E-state index is 10.9. The zero-order valence-electron chi connectivity index (χ0n) is 44.3. The third kappa shape index (κ3) is 70.5. The van der Waals surface area contributed by atoms with E-state index in [4.69, 9.17) is 30.6 Å². The topological polar surface area (TPSA) is 370 Å².